The molecule has 0 aliphatic carbocycles. The van der Waals surface area contributed by atoms with Crippen LogP contribution in [-0.2, 0) is 20.1 Å². The fourth-order valence-corrected chi connectivity index (χ4v) is 6.60. The maximum Gasteiger partial charge on any atom is 0.0326 e. The third-order valence-electron chi connectivity index (χ3n) is 9.00. The predicted molar refractivity (Wildman–Crippen MR) is 206 cm³/mol. The first-order chi connectivity index (χ1) is 24.8. The number of nitrogens with zero attached hydrogens (tertiary/aromatic N) is 5. The van der Waals surface area contributed by atoms with Crippen molar-refractivity contribution in [2.75, 3.05) is 32.7 Å². The maximum absolute atomic E-state index is 4.45. The molecule has 0 amide bonds. The van der Waals surface area contributed by atoms with Gasteiger partial charge in [0.2, 0.25) is 0 Å². The summed E-state index contributed by atoms with van der Waals surface area (Å²) < 4.78 is 0. The molecule has 5 nitrogen and oxygen atoms in total. The number of fused-ring (bicyclic) bond motifs is 3. The van der Waals surface area contributed by atoms with Crippen LogP contribution in [0, 0.1) is 31.5 Å². The van der Waals surface area contributed by atoms with Crippen LogP contribution in [0.2, 0.25) is 0 Å². The molecule has 2 aliphatic rings. The van der Waals surface area contributed by atoms with Gasteiger partial charge in [0.1, 0.15) is 0 Å². The Kier molecular flexibility index (Phi) is 10.7. The molecule has 0 spiro atoms. The summed E-state index contributed by atoms with van der Waals surface area (Å²) in [4.78, 5) is 13.6. The Morgan fingerprint density at radius 1 is 0.490 bits per heavy atom. The Hall–Kier alpha value is -5.42. The molecule has 1 aromatic heterocycles. The van der Waals surface area contributed by atoms with Gasteiger partial charge in [-0.15, -0.1) is 47.3 Å². The summed E-state index contributed by atoms with van der Waals surface area (Å²) in [7, 11) is 0. The van der Waals surface area contributed by atoms with Crippen LogP contribution in [0.1, 0.15) is 12.8 Å². The van der Waals surface area contributed by atoms with E-state index in [9.17, 15) is 0 Å². The van der Waals surface area contributed by atoms with Crippen molar-refractivity contribution in [1.29, 1.82) is 0 Å². The average molecular weight is 839 g/mol. The van der Waals surface area contributed by atoms with Gasteiger partial charge in [0.25, 0.3) is 0 Å². The largest absolute Gasteiger partial charge is 0.501 e. The number of hydrogen-bond acceptors (Lipinski definition) is 5. The van der Waals surface area contributed by atoms with Crippen LogP contribution in [-0.4, -0.2) is 18.1 Å². The zero-order chi connectivity index (χ0) is 33.5. The quantitative estimate of drug-likeness (QED) is 0.112. The van der Waals surface area contributed by atoms with Gasteiger partial charge in [0.05, 0.1) is 0 Å². The van der Waals surface area contributed by atoms with Gasteiger partial charge >= 0.3 is 0 Å². The molecule has 3 heterocycles. The smallest absolute Gasteiger partial charge is 0.0326 e. The van der Waals surface area contributed by atoms with Crippen LogP contribution in [0.4, 0.5) is 34.1 Å². The van der Waals surface area contributed by atoms with Crippen LogP contribution in [0.25, 0.3) is 22.0 Å². The zero-order valence-electron chi connectivity index (χ0n) is 28.1. The van der Waals surface area contributed by atoms with Crippen molar-refractivity contribution in [3.63, 3.8) is 0 Å². The van der Waals surface area contributed by atoms with Crippen molar-refractivity contribution in [3.8, 4) is 11.3 Å². The van der Waals surface area contributed by atoms with E-state index in [1.807, 2.05) is 72.9 Å². The molecular formula is C45H36IrN5-5. The minimum absolute atomic E-state index is 0. The number of unbranched alkanes of at least 4 members (excludes halogenated alkanes) is 1. The molecule has 7 aromatic rings. The molecule has 0 saturated heterocycles. The van der Waals surface area contributed by atoms with Crippen molar-refractivity contribution in [2.24, 2.45) is 0 Å². The van der Waals surface area contributed by atoms with Gasteiger partial charge in [0, 0.05) is 49.1 Å². The van der Waals surface area contributed by atoms with Crippen LogP contribution in [0.3, 0.4) is 0 Å². The van der Waals surface area contributed by atoms with E-state index in [2.05, 4.69) is 141 Å². The Labute approximate surface area is 314 Å². The summed E-state index contributed by atoms with van der Waals surface area (Å²) in [5, 5.41) is 2.39. The summed E-state index contributed by atoms with van der Waals surface area (Å²) in [5.74, 6) is 0. The van der Waals surface area contributed by atoms with E-state index in [4.69, 9.17) is 0 Å². The fraction of sp³-hybridized carbons (Fsp3) is 0.0889. The van der Waals surface area contributed by atoms with E-state index in [0.29, 0.717) is 0 Å². The molecular weight excluding hydrogens is 803 g/mol. The Bertz CT molecular complexity index is 2060. The minimum Gasteiger partial charge on any atom is -0.501 e. The predicted octanol–water partition coefficient (Wildman–Crippen LogP) is 10.6. The fourth-order valence-electron chi connectivity index (χ4n) is 6.60. The molecule has 0 saturated carbocycles. The normalized spacial score (nSPS) is 12.9. The van der Waals surface area contributed by atoms with Crippen molar-refractivity contribution in [3.05, 3.63) is 189 Å². The first kappa shape index (κ1) is 34.0. The van der Waals surface area contributed by atoms with Gasteiger partial charge in [-0.25, -0.2) is 0 Å². The average Bonchev–Trinajstić information content (AvgIpc) is 3.76. The molecule has 1 radical (unpaired) electrons. The van der Waals surface area contributed by atoms with Gasteiger partial charge < -0.3 is 24.6 Å². The molecule has 2 aliphatic heterocycles. The number of pyridine rings is 1. The van der Waals surface area contributed by atoms with Crippen LogP contribution in [0.15, 0.2) is 158 Å². The number of aromatic nitrogens is 1. The number of para-hydroxylation sites is 6. The van der Waals surface area contributed by atoms with Gasteiger partial charge in [-0.3, -0.25) is 0 Å². The van der Waals surface area contributed by atoms with Crippen LogP contribution in [0.5, 0.6) is 0 Å². The molecule has 0 fully saturated rings. The Morgan fingerprint density at radius 2 is 0.980 bits per heavy atom. The molecule has 51 heavy (non-hydrogen) atoms. The van der Waals surface area contributed by atoms with E-state index >= 15 is 0 Å². The van der Waals surface area contributed by atoms with E-state index < -0.39 is 0 Å². The second-order valence-electron chi connectivity index (χ2n) is 12.2. The second-order valence-corrected chi connectivity index (χ2v) is 12.2. The number of benzene rings is 6. The van der Waals surface area contributed by atoms with Crippen molar-refractivity contribution < 1.29 is 20.1 Å². The third-order valence-corrected chi connectivity index (χ3v) is 9.00. The second kappa shape index (κ2) is 16.1. The molecule has 0 atom stereocenters. The topological polar surface area (TPSA) is 25.9 Å². The van der Waals surface area contributed by atoms with Gasteiger partial charge in [-0.05, 0) is 72.7 Å². The number of anilines is 6. The Morgan fingerprint density at radius 3 is 1.51 bits per heavy atom. The molecule has 0 unspecified atom stereocenters. The van der Waals surface area contributed by atoms with Crippen LogP contribution < -0.4 is 19.6 Å². The molecule has 6 aromatic carbocycles. The summed E-state index contributed by atoms with van der Waals surface area (Å²) in [6.45, 7) is 6.37. The zero-order valence-corrected chi connectivity index (χ0v) is 30.5. The SMILES string of the molecule is [Ir].[c-]1ccccc1-c1nccc2ccccc12.[c-]1ccccc1N1[CH-]N(CCCCN2[CH-]N(c3[c-]cccc3)c3ccccc32)c2ccccc21. The monoisotopic (exact) mass is 839 g/mol. The van der Waals surface area contributed by atoms with Gasteiger partial charge in [0.15, 0.2) is 0 Å². The number of rotatable bonds is 8. The summed E-state index contributed by atoms with van der Waals surface area (Å²) in [6.07, 6.45) is 4.04. The summed E-state index contributed by atoms with van der Waals surface area (Å²) in [6, 6.07) is 61.6. The first-order valence-electron chi connectivity index (χ1n) is 17.1. The minimum atomic E-state index is 0. The van der Waals surface area contributed by atoms with Gasteiger partial charge in [-0.2, -0.15) is 74.0 Å². The van der Waals surface area contributed by atoms with Gasteiger partial charge in [-0.1, -0.05) is 48.5 Å². The molecule has 6 heteroatoms. The van der Waals surface area contributed by atoms with E-state index in [1.165, 1.54) is 33.5 Å². The first-order valence-corrected chi connectivity index (χ1v) is 17.1. The van der Waals surface area contributed by atoms with Crippen molar-refractivity contribution >= 4 is 44.9 Å². The van der Waals surface area contributed by atoms with Crippen molar-refractivity contribution in [1.82, 2.24) is 4.98 Å². The molecule has 9 rings (SSSR count). The van der Waals surface area contributed by atoms with E-state index in [0.717, 1.165) is 48.6 Å². The number of hydrogen-bond donors (Lipinski definition) is 0. The third kappa shape index (κ3) is 7.39. The van der Waals surface area contributed by atoms with E-state index in [-0.39, 0.29) is 20.1 Å². The molecule has 0 bridgehead atoms. The standard InChI is InChI=1S/C30H26N4.C15H10N.Ir/c1-3-13-25(14-4-1)33-23-31(27-17-7-9-19-29(27)33)21-11-12-22-32-24-34(26-15-5-2-6-16-26)30-20-10-8-18-28(30)32;1-2-7-13(8-3-1)15-14-9-5-4-6-12(14)10-11-16-15;/h1-10,13,15,17-20,23-24H,11-12,21-22H2;1-7,9-11H;/q-4;-1;. The molecule has 0 N–H and O–H groups in total. The van der Waals surface area contributed by atoms with Crippen LogP contribution >= 0.6 is 0 Å². The summed E-state index contributed by atoms with van der Waals surface area (Å²) in [5.41, 5.74) is 9.10. The molecule has 255 valence electrons. The Balaban J connectivity index is 0.000000200. The summed E-state index contributed by atoms with van der Waals surface area (Å²) >= 11 is 0. The van der Waals surface area contributed by atoms with E-state index in [1.54, 1.807) is 0 Å². The maximum atomic E-state index is 4.45. The van der Waals surface area contributed by atoms with Crippen molar-refractivity contribution in [2.45, 2.75) is 12.8 Å².